The maximum Gasteiger partial charge on any atom is 0.336 e. The van der Waals surface area contributed by atoms with Crippen LogP contribution in [0, 0.1) is 0 Å². The molecule has 0 radical (unpaired) electrons. The van der Waals surface area contributed by atoms with Crippen LogP contribution in [0.4, 0.5) is 0 Å². The highest BCUT2D eigenvalue weighted by Gasteiger charge is 2.20. The van der Waals surface area contributed by atoms with Crippen molar-refractivity contribution in [2.75, 3.05) is 0 Å². The molecule has 0 saturated carbocycles. The van der Waals surface area contributed by atoms with Gasteiger partial charge in [-0.3, -0.25) is 4.79 Å². The van der Waals surface area contributed by atoms with Crippen molar-refractivity contribution in [2.45, 2.75) is 38.8 Å². The van der Waals surface area contributed by atoms with Crippen LogP contribution in [0.2, 0.25) is 0 Å². The third kappa shape index (κ3) is 4.86. The van der Waals surface area contributed by atoms with Gasteiger partial charge in [0, 0.05) is 17.5 Å². The summed E-state index contributed by atoms with van der Waals surface area (Å²) >= 11 is 0. The van der Waals surface area contributed by atoms with E-state index < -0.39 is 29.6 Å². The quantitative estimate of drug-likeness (QED) is 0.573. The minimum absolute atomic E-state index is 0.268. The van der Waals surface area contributed by atoms with Gasteiger partial charge in [-0.25, -0.2) is 4.79 Å². The Kier molecular flexibility index (Phi) is 6.51. The minimum atomic E-state index is -1.33. The normalized spacial score (nSPS) is 12.9. The van der Waals surface area contributed by atoms with Crippen molar-refractivity contribution in [3.8, 4) is 16.9 Å². The van der Waals surface area contributed by atoms with Gasteiger partial charge in [0.05, 0.1) is 12.0 Å². The van der Waals surface area contributed by atoms with E-state index in [0.717, 1.165) is 16.5 Å². The second-order valence-corrected chi connectivity index (χ2v) is 6.93. The molecule has 30 heavy (non-hydrogen) atoms. The fraction of sp³-hybridized carbons (Fsp3) is 0.261. The van der Waals surface area contributed by atoms with Crippen LogP contribution >= 0.6 is 0 Å². The van der Waals surface area contributed by atoms with Crippen molar-refractivity contribution in [1.29, 1.82) is 0 Å². The summed E-state index contributed by atoms with van der Waals surface area (Å²) in [7, 11) is 0. The maximum atomic E-state index is 12.3. The molecule has 0 saturated heterocycles. The number of fused-ring (bicyclic) bond motifs is 1. The number of benzene rings is 2. The van der Waals surface area contributed by atoms with Gasteiger partial charge in [-0.1, -0.05) is 43.7 Å². The summed E-state index contributed by atoms with van der Waals surface area (Å²) in [5, 5.41) is 14.3. The van der Waals surface area contributed by atoms with Crippen LogP contribution in [-0.2, 0) is 9.59 Å². The smallest absolute Gasteiger partial charge is 0.336 e. The van der Waals surface area contributed by atoms with Crippen LogP contribution in [0.1, 0.15) is 26.7 Å². The van der Waals surface area contributed by atoms with Crippen LogP contribution in [0.15, 0.2) is 63.8 Å². The van der Waals surface area contributed by atoms with Crippen LogP contribution in [0.3, 0.4) is 0 Å². The van der Waals surface area contributed by atoms with E-state index >= 15 is 0 Å². The molecule has 0 bridgehead atoms. The number of carboxylic acid groups (broad SMARTS) is 1. The van der Waals surface area contributed by atoms with E-state index in [2.05, 4.69) is 5.32 Å². The zero-order valence-corrected chi connectivity index (χ0v) is 16.7. The number of carboxylic acids is 1. The number of carbonyl (C=O) groups is 2. The lowest BCUT2D eigenvalue weighted by Crippen LogP contribution is -2.51. The van der Waals surface area contributed by atoms with E-state index in [4.69, 9.17) is 9.15 Å². The van der Waals surface area contributed by atoms with Gasteiger partial charge in [0.1, 0.15) is 11.3 Å². The third-order valence-corrected chi connectivity index (χ3v) is 4.66. The van der Waals surface area contributed by atoms with Crippen LogP contribution in [0.5, 0.6) is 5.75 Å². The molecule has 1 amide bonds. The lowest BCUT2D eigenvalue weighted by molar-refractivity contribution is -0.308. The monoisotopic (exact) mass is 408 g/mol. The Labute approximate surface area is 173 Å². The molecule has 3 aromatic rings. The Bertz CT molecular complexity index is 1110. The SMILES string of the molecule is CCC[C@@H](NC(=O)[C@@H](C)Oc1ccc2c(-c3ccccc3)cc(=O)oc2c1)C(=O)[O-]. The predicted molar refractivity (Wildman–Crippen MR) is 110 cm³/mol. The van der Waals surface area contributed by atoms with E-state index in [0.29, 0.717) is 17.8 Å². The summed E-state index contributed by atoms with van der Waals surface area (Å²) in [4.78, 5) is 35.5. The number of hydrogen-bond donors (Lipinski definition) is 1. The zero-order chi connectivity index (χ0) is 21.7. The van der Waals surface area contributed by atoms with Gasteiger partial charge in [0.2, 0.25) is 0 Å². The first-order valence-electron chi connectivity index (χ1n) is 9.70. The molecule has 3 rings (SSSR count). The molecular weight excluding hydrogens is 386 g/mol. The predicted octanol–water partition coefficient (Wildman–Crippen LogP) is 2.26. The van der Waals surface area contributed by atoms with Crippen molar-refractivity contribution in [3.05, 3.63) is 65.0 Å². The van der Waals surface area contributed by atoms with Crippen LogP contribution in [0.25, 0.3) is 22.1 Å². The first kappa shape index (κ1) is 21.1. The van der Waals surface area contributed by atoms with Crippen molar-refractivity contribution in [2.24, 2.45) is 0 Å². The lowest BCUT2D eigenvalue weighted by Gasteiger charge is -2.22. The number of rotatable bonds is 8. The summed E-state index contributed by atoms with van der Waals surface area (Å²) in [6.07, 6.45) is -0.101. The fourth-order valence-corrected chi connectivity index (χ4v) is 3.16. The first-order chi connectivity index (χ1) is 14.4. The maximum absolute atomic E-state index is 12.3. The molecule has 7 heteroatoms. The van der Waals surface area contributed by atoms with Crippen molar-refractivity contribution in [3.63, 3.8) is 0 Å². The molecule has 7 nitrogen and oxygen atoms in total. The van der Waals surface area contributed by atoms with E-state index in [-0.39, 0.29) is 6.42 Å². The molecule has 0 unspecified atom stereocenters. The summed E-state index contributed by atoms with van der Waals surface area (Å²) in [5.41, 5.74) is 1.43. The first-order valence-corrected chi connectivity index (χ1v) is 9.70. The Morgan fingerprint density at radius 3 is 2.53 bits per heavy atom. The van der Waals surface area contributed by atoms with Gasteiger partial charge < -0.3 is 24.4 Å². The largest absolute Gasteiger partial charge is 0.548 e. The van der Waals surface area contributed by atoms with Gasteiger partial charge in [0.15, 0.2) is 6.10 Å². The van der Waals surface area contributed by atoms with E-state index in [1.165, 1.54) is 19.1 Å². The van der Waals surface area contributed by atoms with Gasteiger partial charge >= 0.3 is 5.63 Å². The van der Waals surface area contributed by atoms with Gasteiger partial charge in [-0.2, -0.15) is 0 Å². The number of carbonyl (C=O) groups excluding carboxylic acids is 2. The molecule has 0 aliphatic rings. The average Bonchev–Trinajstić information content (AvgIpc) is 2.73. The zero-order valence-electron chi connectivity index (χ0n) is 16.7. The highest BCUT2D eigenvalue weighted by atomic mass is 16.5. The summed E-state index contributed by atoms with van der Waals surface area (Å²) < 4.78 is 11.0. The molecule has 0 aliphatic heterocycles. The van der Waals surface area contributed by atoms with Crippen molar-refractivity contribution >= 4 is 22.8 Å². The Hall–Kier alpha value is -3.61. The molecule has 0 fully saturated rings. The second kappa shape index (κ2) is 9.26. The topological polar surface area (TPSA) is 109 Å². The Balaban J connectivity index is 1.83. The molecule has 1 N–H and O–H groups in total. The van der Waals surface area contributed by atoms with E-state index in [9.17, 15) is 19.5 Å². The van der Waals surface area contributed by atoms with Gasteiger partial charge in [0.25, 0.3) is 5.91 Å². The third-order valence-electron chi connectivity index (χ3n) is 4.66. The Morgan fingerprint density at radius 1 is 1.13 bits per heavy atom. The molecule has 1 heterocycles. The van der Waals surface area contributed by atoms with Crippen molar-refractivity contribution in [1.82, 2.24) is 5.32 Å². The van der Waals surface area contributed by atoms with E-state index in [1.807, 2.05) is 37.3 Å². The van der Waals surface area contributed by atoms with Gasteiger partial charge in [-0.05, 0) is 36.6 Å². The molecule has 2 atom stereocenters. The number of ether oxygens (including phenoxy) is 1. The van der Waals surface area contributed by atoms with E-state index in [1.54, 1.807) is 12.1 Å². The molecule has 0 aliphatic carbocycles. The van der Waals surface area contributed by atoms with Crippen molar-refractivity contribution < 1.29 is 23.8 Å². The number of amides is 1. The average molecular weight is 408 g/mol. The summed E-state index contributed by atoms with van der Waals surface area (Å²) in [5.74, 6) is -1.59. The minimum Gasteiger partial charge on any atom is -0.548 e. The number of aliphatic carboxylic acids is 1. The number of hydrogen-bond acceptors (Lipinski definition) is 6. The van der Waals surface area contributed by atoms with Crippen LogP contribution < -0.4 is 20.8 Å². The highest BCUT2D eigenvalue weighted by molar-refractivity contribution is 5.93. The lowest BCUT2D eigenvalue weighted by atomic mass is 10.0. The highest BCUT2D eigenvalue weighted by Crippen LogP contribution is 2.29. The van der Waals surface area contributed by atoms with Crippen LogP contribution in [-0.4, -0.2) is 24.0 Å². The molecule has 0 spiro atoms. The summed E-state index contributed by atoms with van der Waals surface area (Å²) in [6, 6.07) is 14.8. The fourth-order valence-electron chi connectivity index (χ4n) is 3.16. The molecule has 2 aromatic carbocycles. The molecule has 156 valence electrons. The second-order valence-electron chi connectivity index (χ2n) is 6.93. The molecule has 1 aromatic heterocycles. The summed E-state index contributed by atoms with van der Waals surface area (Å²) in [6.45, 7) is 3.32. The standard InChI is InChI=1S/C23H23NO6/c1-3-7-19(23(27)28)24-22(26)14(2)29-16-10-11-17-18(15-8-5-4-6-9-15)13-21(25)30-20(17)12-16/h4-6,8-14,19H,3,7H2,1-2H3,(H,24,26)(H,27,28)/p-1/t14-,19-/m1/s1. The molecular formula is C23H22NO6-. The number of nitrogens with one attached hydrogen (secondary N) is 1. The van der Waals surface area contributed by atoms with Gasteiger partial charge in [-0.15, -0.1) is 0 Å². The Morgan fingerprint density at radius 2 is 1.87 bits per heavy atom.